The predicted molar refractivity (Wildman–Crippen MR) is 85.4 cm³/mol. The highest BCUT2D eigenvalue weighted by molar-refractivity contribution is 8.00. The van der Waals surface area contributed by atoms with Gasteiger partial charge in [-0.3, -0.25) is 0 Å². The lowest BCUT2D eigenvalue weighted by molar-refractivity contribution is 0.348. The van der Waals surface area contributed by atoms with Crippen LogP contribution in [0.2, 0.25) is 0 Å². The molecule has 5 N–H and O–H groups in total. The average molecular weight is 344 g/mol. The number of benzene rings is 2. The van der Waals surface area contributed by atoms with E-state index in [9.17, 15) is 19.2 Å². The lowest BCUT2D eigenvalue weighted by Crippen LogP contribution is -2.08. The number of fused-ring (bicyclic) bond motifs is 1. The van der Waals surface area contributed by atoms with Crippen molar-refractivity contribution in [3.63, 3.8) is 0 Å². The van der Waals surface area contributed by atoms with Gasteiger partial charge >= 0.3 is 20.7 Å². The van der Waals surface area contributed by atoms with Crippen LogP contribution in [-0.4, -0.2) is 29.7 Å². The summed E-state index contributed by atoms with van der Waals surface area (Å²) in [5.74, 6) is 0. The van der Waals surface area contributed by atoms with Crippen molar-refractivity contribution < 1.29 is 29.0 Å². The third-order valence-electron chi connectivity index (χ3n) is 3.11. The number of hydrogen-bond donors (Lipinski definition) is 5. The van der Waals surface area contributed by atoms with Crippen molar-refractivity contribution in [2.45, 2.75) is 13.0 Å². The highest BCUT2D eigenvalue weighted by Gasteiger charge is 2.52. The SMILES string of the molecule is C[C@@H](N=C(P(=O)(O)O)[P+](O)(O)O)c1cccc2ccccc12. The molecule has 2 rings (SSSR count). The molecule has 0 radical (unpaired) electrons. The fourth-order valence-corrected chi connectivity index (χ4v) is 4.23. The fourth-order valence-electron chi connectivity index (χ4n) is 2.18. The molecule has 0 heterocycles. The second-order valence-corrected chi connectivity index (χ2v) is 8.21. The molecule has 1 atom stereocenters. The lowest BCUT2D eigenvalue weighted by atomic mass is 10.0. The number of aliphatic imine (C=N–C) groups is 1. The van der Waals surface area contributed by atoms with Crippen molar-refractivity contribution in [3.8, 4) is 0 Å². The summed E-state index contributed by atoms with van der Waals surface area (Å²) in [5.41, 5.74) is 0.650. The van der Waals surface area contributed by atoms with E-state index in [-0.39, 0.29) is 0 Å². The molecule has 0 amide bonds. The Morgan fingerprint density at radius 3 is 2.27 bits per heavy atom. The van der Waals surface area contributed by atoms with E-state index in [2.05, 4.69) is 4.99 Å². The van der Waals surface area contributed by atoms with Crippen molar-refractivity contribution in [2.24, 2.45) is 4.99 Å². The van der Waals surface area contributed by atoms with Crippen LogP contribution in [0.15, 0.2) is 47.5 Å². The van der Waals surface area contributed by atoms with E-state index in [1.54, 1.807) is 19.1 Å². The molecule has 118 valence electrons. The van der Waals surface area contributed by atoms with Gasteiger partial charge in [-0.05, 0) is 23.3 Å². The molecule has 9 heteroatoms. The third kappa shape index (κ3) is 3.77. The Labute approximate surface area is 127 Å². The Morgan fingerprint density at radius 1 is 1.09 bits per heavy atom. The molecule has 0 aliphatic heterocycles. The van der Waals surface area contributed by atoms with Crippen LogP contribution in [-0.2, 0) is 4.57 Å². The molecule has 0 aliphatic rings. The van der Waals surface area contributed by atoms with E-state index in [0.29, 0.717) is 5.56 Å². The molecule has 0 saturated carbocycles. The highest BCUT2D eigenvalue weighted by atomic mass is 31.3. The first-order chi connectivity index (χ1) is 10.1. The largest absolute Gasteiger partial charge is 0.469 e. The third-order valence-corrected chi connectivity index (χ3v) is 5.99. The quantitative estimate of drug-likeness (QED) is 0.427. The van der Waals surface area contributed by atoms with Gasteiger partial charge in [0.1, 0.15) is 0 Å². The summed E-state index contributed by atoms with van der Waals surface area (Å²) in [5, 5.41) is 0.460. The molecule has 0 aliphatic carbocycles. The van der Waals surface area contributed by atoms with E-state index in [1.807, 2.05) is 30.3 Å². The smallest absolute Gasteiger partial charge is 0.317 e. The summed E-state index contributed by atoms with van der Waals surface area (Å²) in [6.45, 7) is 1.55. The summed E-state index contributed by atoms with van der Waals surface area (Å²) in [7, 11) is -9.98. The Bertz CT molecular complexity index is 759. The van der Waals surface area contributed by atoms with Gasteiger partial charge in [0.25, 0.3) is 0 Å². The van der Waals surface area contributed by atoms with Crippen molar-refractivity contribution in [2.75, 3.05) is 0 Å². The Hall–Kier alpha value is -1.17. The molecule has 22 heavy (non-hydrogen) atoms. The monoisotopic (exact) mass is 344 g/mol. The van der Waals surface area contributed by atoms with Crippen LogP contribution in [0.3, 0.4) is 0 Å². The maximum absolute atomic E-state index is 11.3. The summed E-state index contributed by atoms with van der Waals surface area (Å²) in [6.07, 6.45) is 0. The summed E-state index contributed by atoms with van der Waals surface area (Å²) < 4.78 is 11.3. The number of nitrogens with zero attached hydrogens (tertiary/aromatic N) is 1. The fraction of sp³-hybridized carbons (Fsp3) is 0.154. The molecule has 0 unspecified atom stereocenters. The van der Waals surface area contributed by atoms with Crippen LogP contribution < -0.4 is 0 Å². The molecule has 0 fully saturated rings. The molecule has 0 spiro atoms. The first kappa shape index (κ1) is 17.2. The predicted octanol–water partition coefficient (Wildman–Crippen LogP) is 2.17. The lowest BCUT2D eigenvalue weighted by Gasteiger charge is -2.14. The van der Waals surface area contributed by atoms with Gasteiger partial charge in [-0.2, -0.15) is 14.7 Å². The van der Waals surface area contributed by atoms with Crippen molar-refractivity contribution in [3.05, 3.63) is 48.0 Å². The standard InChI is InChI=1S/C13H15NO6P2/c1-9(14-13(21(15,16)17)22(18,19)20)11-8-4-6-10-5-2-3-7-12(10)11/h2-9,15-17H,1H3,(H-,18,19,20)/p+1/t9-/m1/s1. The number of hydrogen-bond acceptors (Lipinski definition) is 5. The summed E-state index contributed by atoms with van der Waals surface area (Å²) in [6, 6.07) is 12.0. The Kier molecular flexibility index (Phi) is 4.80. The van der Waals surface area contributed by atoms with Gasteiger partial charge < -0.3 is 9.79 Å². The van der Waals surface area contributed by atoms with Gasteiger partial charge in [0.15, 0.2) is 0 Å². The molecular formula is C13H16NO6P2+. The van der Waals surface area contributed by atoms with Crippen LogP contribution >= 0.6 is 15.5 Å². The summed E-state index contributed by atoms with van der Waals surface area (Å²) >= 11 is 0. The van der Waals surface area contributed by atoms with Crippen LogP contribution in [0.25, 0.3) is 10.8 Å². The van der Waals surface area contributed by atoms with Crippen molar-refractivity contribution in [1.29, 1.82) is 0 Å². The topological polar surface area (TPSA) is 131 Å². The van der Waals surface area contributed by atoms with E-state index >= 15 is 0 Å². The van der Waals surface area contributed by atoms with Crippen LogP contribution in [0.5, 0.6) is 0 Å². The first-order valence-electron chi connectivity index (χ1n) is 6.30. The normalized spacial score (nSPS) is 15.1. The molecule has 7 nitrogen and oxygen atoms in total. The molecule has 0 bridgehead atoms. The molecule has 0 aromatic heterocycles. The molecule has 2 aromatic rings. The van der Waals surface area contributed by atoms with Crippen LogP contribution in [0.4, 0.5) is 0 Å². The summed E-state index contributed by atoms with van der Waals surface area (Å²) in [4.78, 5) is 49.7. The molecule has 2 aromatic carbocycles. The Morgan fingerprint density at radius 2 is 1.68 bits per heavy atom. The van der Waals surface area contributed by atoms with E-state index in [4.69, 9.17) is 9.79 Å². The Balaban J connectivity index is 2.56. The zero-order valence-electron chi connectivity index (χ0n) is 11.6. The van der Waals surface area contributed by atoms with Gasteiger partial charge in [-0.1, -0.05) is 42.5 Å². The maximum Gasteiger partial charge on any atom is 0.469 e. The zero-order valence-corrected chi connectivity index (χ0v) is 13.4. The average Bonchev–Trinajstić information content (AvgIpc) is 2.41. The van der Waals surface area contributed by atoms with Gasteiger partial charge in [0.05, 0.1) is 6.04 Å². The van der Waals surface area contributed by atoms with Gasteiger partial charge in [-0.15, -0.1) is 0 Å². The second-order valence-electron chi connectivity index (χ2n) is 4.79. The minimum absolute atomic E-state index is 0.650. The van der Waals surface area contributed by atoms with Gasteiger partial charge in [0.2, 0.25) is 0 Å². The van der Waals surface area contributed by atoms with Crippen LogP contribution in [0.1, 0.15) is 18.5 Å². The van der Waals surface area contributed by atoms with Gasteiger partial charge in [0, 0.05) is 0 Å². The first-order valence-corrected chi connectivity index (χ1v) is 9.56. The maximum atomic E-state index is 11.3. The highest BCUT2D eigenvalue weighted by Crippen LogP contribution is 2.61. The van der Waals surface area contributed by atoms with E-state index in [1.165, 1.54) is 0 Å². The second kappa shape index (κ2) is 6.14. The minimum atomic E-state index is -5.08. The van der Waals surface area contributed by atoms with E-state index < -0.39 is 26.8 Å². The minimum Gasteiger partial charge on any atom is -0.317 e. The van der Waals surface area contributed by atoms with Crippen LogP contribution in [0, 0.1) is 0 Å². The van der Waals surface area contributed by atoms with E-state index in [0.717, 1.165) is 10.8 Å². The molecule has 0 saturated heterocycles. The number of rotatable bonds is 4. The zero-order chi connectivity index (χ0) is 16.5. The van der Waals surface area contributed by atoms with Crippen molar-refractivity contribution in [1.82, 2.24) is 0 Å². The van der Waals surface area contributed by atoms with Gasteiger partial charge in [-0.25, -0.2) is 9.56 Å². The molecular weight excluding hydrogens is 328 g/mol. The van der Waals surface area contributed by atoms with Crippen molar-refractivity contribution >= 4 is 31.5 Å².